The van der Waals surface area contributed by atoms with E-state index in [2.05, 4.69) is 4.98 Å². The molecule has 0 spiro atoms. The number of aliphatic hydroxyl groups is 1. The Morgan fingerprint density at radius 3 is 3.06 bits per heavy atom. The highest BCUT2D eigenvalue weighted by Crippen LogP contribution is 2.20. The molecule has 16 heavy (non-hydrogen) atoms. The molecule has 1 unspecified atom stereocenters. The molecule has 0 aliphatic heterocycles. The quantitative estimate of drug-likeness (QED) is 0.722. The third-order valence-corrected chi connectivity index (χ3v) is 2.92. The van der Waals surface area contributed by atoms with Crippen LogP contribution in [0.1, 0.15) is 10.4 Å². The van der Waals surface area contributed by atoms with Gasteiger partial charge >= 0.3 is 5.97 Å². The third-order valence-electron chi connectivity index (χ3n) is 1.77. The lowest BCUT2D eigenvalue weighted by molar-refractivity contribution is 0.0691. The van der Waals surface area contributed by atoms with Crippen molar-refractivity contribution in [3.8, 4) is 0 Å². The van der Waals surface area contributed by atoms with Gasteiger partial charge in [0.1, 0.15) is 5.03 Å². The molecule has 0 saturated carbocycles. The number of carboxylic acids is 1. The number of aliphatic hydroxyl groups excluding tert-OH is 1. The van der Waals surface area contributed by atoms with Crippen molar-refractivity contribution in [3.63, 3.8) is 0 Å². The number of rotatable bonds is 6. The molecule has 0 bridgehead atoms. The van der Waals surface area contributed by atoms with Crippen molar-refractivity contribution in [3.05, 3.63) is 23.9 Å². The zero-order valence-electron chi connectivity index (χ0n) is 8.79. The molecule has 0 aliphatic rings. The lowest BCUT2D eigenvalue weighted by atomic mass is 10.3. The van der Waals surface area contributed by atoms with Crippen LogP contribution in [-0.4, -0.2) is 46.7 Å². The van der Waals surface area contributed by atoms with Crippen LogP contribution in [0.4, 0.5) is 0 Å². The number of hydrogen-bond donors (Lipinski definition) is 2. The topological polar surface area (TPSA) is 79.7 Å². The maximum absolute atomic E-state index is 10.9. The van der Waals surface area contributed by atoms with Crippen molar-refractivity contribution in [2.75, 3.05) is 19.5 Å². The van der Waals surface area contributed by atoms with Gasteiger partial charge in [0.05, 0.1) is 18.3 Å². The first kappa shape index (κ1) is 13.0. The summed E-state index contributed by atoms with van der Waals surface area (Å²) in [5, 5.41) is 18.7. The minimum Gasteiger partial charge on any atom is -0.478 e. The Kier molecular flexibility index (Phi) is 5.24. The van der Waals surface area contributed by atoms with E-state index in [1.54, 1.807) is 6.07 Å². The van der Waals surface area contributed by atoms with E-state index in [1.807, 2.05) is 0 Å². The predicted octanol–water partition coefficient (Wildman–Crippen LogP) is 0.879. The van der Waals surface area contributed by atoms with Crippen LogP contribution in [0.5, 0.6) is 0 Å². The molecule has 88 valence electrons. The molecular weight excluding hydrogens is 230 g/mol. The second-order valence-corrected chi connectivity index (χ2v) is 4.09. The van der Waals surface area contributed by atoms with Crippen molar-refractivity contribution in [2.24, 2.45) is 0 Å². The molecule has 0 radical (unpaired) electrons. The Morgan fingerprint density at radius 1 is 1.69 bits per heavy atom. The van der Waals surface area contributed by atoms with E-state index < -0.39 is 12.1 Å². The SMILES string of the molecule is COCC(O)CSc1ncccc1C(=O)O. The largest absolute Gasteiger partial charge is 0.478 e. The number of hydrogen-bond acceptors (Lipinski definition) is 5. The summed E-state index contributed by atoms with van der Waals surface area (Å²) in [5.41, 5.74) is 0.150. The van der Waals surface area contributed by atoms with Crippen LogP contribution in [0, 0.1) is 0 Å². The third kappa shape index (κ3) is 3.80. The summed E-state index contributed by atoms with van der Waals surface area (Å²) in [4.78, 5) is 14.8. The van der Waals surface area contributed by atoms with Gasteiger partial charge in [-0.25, -0.2) is 9.78 Å². The van der Waals surface area contributed by atoms with Gasteiger partial charge in [-0.3, -0.25) is 0 Å². The van der Waals surface area contributed by atoms with Crippen LogP contribution in [0.2, 0.25) is 0 Å². The zero-order valence-corrected chi connectivity index (χ0v) is 9.61. The van der Waals surface area contributed by atoms with Crippen molar-refractivity contribution in [1.82, 2.24) is 4.98 Å². The fourth-order valence-corrected chi connectivity index (χ4v) is 1.98. The molecule has 0 fully saturated rings. The van der Waals surface area contributed by atoms with Crippen molar-refractivity contribution >= 4 is 17.7 Å². The molecule has 1 aromatic heterocycles. The van der Waals surface area contributed by atoms with E-state index in [1.165, 1.54) is 31.1 Å². The zero-order chi connectivity index (χ0) is 12.0. The van der Waals surface area contributed by atoms with Gasteiger partial charge in [0.15, 0.2) is 0 Å². The highest BCUT2D eigenvalue weighted by Gasteiger charge is 2.12. The highest BCUT2D eigenvalue weighted by atomic mass is 32.2. The number of aromatic carboxylic acids is 1. The molecule has 0 amide bonds. The normalized spacial score (nSPS) is 12.4. The van der Waals surface area contributed by atoms with E-state index in [0.29, 0.717) is 10.8 Å². The summed E-state index contributed by atoms with van der Waals surface area (Å²) >= 11 is 1.20. The number of carboxylic acid groups (broad SMARTS) is 1. The molecule has 1 rings (SSSR count). The number of aromatic nitrogens is 1. The molecule has 0 aromatic carbocycles. The molecule has 1 heterocycles. The van der Waals surface area contributed by atoms with Gasteiger partial charge < -0.3 is 14.9 Å². The molecule has 1 atom stereocenters. The molecule has 1 aromatic rings. The fraction of sp³-hybridized carbons (Fsp3) is 0.400. The van der Waals surface area contributed by atoms with Gasteiger partial charge in [-0.05, 0) is 12.1 Å². The van der Waals surface area contributed by atoms with Gasteiger partial charge in [-0.1, -0.05) is 0 Å². The summed E-state index contributed by atoms with van der Waals surface area (Å²) < 4.78 is 4.77. The highest BCUT2D eigenvalue weighted by molar-refractivity contribution is 7.99. The molecule has 0 saturated heterocycles. The summed E-state index contributed by atoms with van der Waals surface area (Å²) in [6.07, 6.45) is 0.899. The smallest absolute Gasteiger partial charge is 0.338 e. The number of nitrogens with zero attached hydrogens (tertiary/aromatic N) is 1. The summed E-state index contributed by atoms with van der Waals surface area (Å²) in [6.45, 7) is 0.224. The molecular formula is C10H13NO4S. The number of methoxy groups -OCH3 is 1. The Morgan fingerprint density at radius 2 is 2.44 bits per heavy atom. The average molecular weight is 243 g/mol. The minimum absolute atomic E-state index is 0.150. The lowest BCUT2D eigenvalue weighted by Gasteiger charge is -2.09. The first-order valence-electron chi connectivity index (χ1n) is 4.63. The van der Waals surface area contributed by atoms with E-state index in [9.17, 15) is 9.90 Å². The molecule has 2 N–H and O–H groups in total. The summed E-state index contributed by atoms with van der Waals surface area (Å²) in [6, 6.07) is 3.06. The Hall–Kier alpha value is -1.11. The van der Waals surface area contributed by atoms with E-state index in [4.69, 9.17) is 9.84 Å². The lowest BCUT2D eigenvalue weighted by Crippen LogP contribution is -2.17. The Balaban J connectivity index is 2.63. The summed E-state index contributed by atoms with van der Waals surface area (Å²) in [7, 11) is 1.50. The first-order valence-corrected chi connectivity index (χ1v) is 5.61. The van der Waals surface area contributed by atoms with E-state index >= 15 is 0 Å². The van der Waals surface area contributed by atoms with Crippen LogP contribution < -0.4 is 0 Å². The van der Waals surface area contributed by atoms with Crippen molar-refractivity contribution in [2.45, 2.75) is 11.1 Å². The van der Waals surface area contributed by atoms with Crippen LogP contribution in [0.3, 0.4) is 0 Å². The Bertz CT molecular complexity index is 358. The van der Waals surface area contributed by atoms with Crippen LogP contribution in [-0.2, 0) is 4.74 Å². The van der Waals surface area contributed by atoms with Gasteiger partial charge in [0.25, 0.3) is 0 Å². The number of ether oxygens (including phenoxy) is 1. The Labute approximate surface area is 97.5 Å². The van der Waals surface area contributed by atoms with Crippen molar-refractivity contribution < 1.29 is 19.7 Å². The van der Waals surface area contributed by atoms with Gasteiger partial charge in [-0.15, -0.1) is 11.8 Å². The van der Waals surface area contributed by atoms with Gasteiger partial charge in [0, 0.05) is 19.1 Å². The second-order valence-electron chi connectivity index (χ2n) is 3.08. The maximum atomic E-state index is 10.9. The van der Waals surface area contributed by atoms with Gasteiger partial charge in [0.2, 0.25) is 0 Å². The maximum Gasteiger partial charge on any atom is 0.338 e. The van der Waals surface area contributed by atoms with Crippen molar-refractivity contribution in [1.29, 1.82) is 0 Å². The van der Waals surface area contributed by atoms with E-state index in [-0.39, 0.29) is 12.2 Å². The molecule has 6 heteroatoms. The van der Waals surface area contributed by atoms with Crippen LogP contribution >= 0.6 is 11.8 Å². The van der Waals surface area contributed by atoms with Crippen LogP contribution in [0.25, 0.3) is 0 Å². The summed E-state index contributed by atoms with van der Waals surface area (Å²) in [5.74, 6) is -0.665. The average Bonchev–Trinajstić information content (AvgIpc) is 2.27. The second kappa shape index (κ2) is 6.47. The number of pyridine rings is 1. The number of carbonyl (C=O) groups is 1. The number of thioether (sulfide) groups is 1. The standard InChI is InChI=1S/C10H13NO4S/c1-15-5-7(12)6-16-9-8(10(13)14)3-2-4-11-9/h2-4,7,12H,5-6H2,1H3,(H,13,14). The fourth-order valence-electron chi connectivity index (χ4n) is 1.08. The molecule has 0 aliphatic carbocycles. The molecule has 5 nitrogen and oxygen atoms in total. The van der Waals surface area contributed by atoms with E-state index in [0.717, 1.165) is 0 Å². The first-order chi connectivity index (χ1) is 7.65. The van der Waals surface area contributed by atoms with Crippen LogP contribution in [0.15, 0.2) is 23.4 Å². The minimum atomic E-state index is -1.02. The van der Waals surface area contributed by atoms with Gasteiger partial charge in [-0.2, -0.15) is 0 Å². The monoisotopic (exact) mass is 243 g/mol. The predicted molar refractivity (Wildman–Crippen MR) is 59.8 cm³/mol.